The van der Waals surface area contributed by atoms with Gasteiger partial charge in [-0.3, -0.25) is 5.10 Å². The molecule has 3 aromatic rings. The summed E-state index contributed by atoms with van der Waals surface area (Å²) in [4.78, 5) is 0. The number of nitrogens with two attached hydrogens (primary N) is 1. The highest BCUT2D eigenvalue weighted by Crippen LogP contribution is 2.24. The van der Waals surface area contributed by atoms with Crippen LogP contribution in [0.5, 0.6) is 0 Å². The van der Waals surface area contributed by atoms with Gasteiger partial charge >= 0.3 is 0 Å². The smallest absolute Gasteiger partial charge is 0.0875 e. The molecule has 17 heavy (non-hydrogen) atoms. The first-order chi connectivity index (χ1) is 8.34. The van der Waals surface area contributed by atoms with Crippen molar-refractivity contribution in [3.63, 3.8) is 0 Å². The van der Waals surface area contributed by atoms with E-state index < -0.39 is 0 Å². The number of benzene rings is 1. The maximum absolute atomic E-state index is 6.02. The van der Waals surface area contributed by atoms with Crippen molar-refractivity contribution in [2.45, 2.75) is 0 Å². The van der Waals surface area contributed by atoms with Crippen LogP contribution in [0.15, 0.2) is 48.9 Å². The summed E-state index contributed by atoms with van der Waals surface area (Å²) >= 11 is 0. The number of hydrogen-bond donors (Lipinski definition) is 2. The Kier molecular flexibility index (Phi) is 2.15. The van der Waals surface area contributed by atoms with Crippen molar-refractivity contribution in [1.82, 2.24) is 20.0 Å². The number of anilines is 1. The van der Waals surface area contributed by atoms with Crippen LogP contribution in [0.3, 0.4) is 0 Å². The molecule has 0 atom stereocenters. The number of nitrogens with zero attached hydrogens (tertiary/aromatic N) is 3. The number of nitrogen functional groups attached to an aromatic ring is 1. The Morgan fingerprint density at radius 1 is 1.18 bits per heavy atom. The molecule has 3 N–H and O–H groups in total. The fourth-order valence-corrected chi connectivity index (χ4v) is 1.76. The van der Waals surface area contributed by atoms with E-state index in [1.165, 1.54) is 0 Å². The lowest BCUT2D eigenvalue weighted by Gasteiger charge is -2.07. The van der Waals surface area contributed by atoms with Crippen molar-refractivity contribution in [2.24, 2.45) is 0 Å². The van der Waals surface area contributed by atoms with E-state index in [4.69, 9.17) is 5.73 Å². The fourth-order valence-electron chi connectivity index (χ4n) is 1.76. The van der Waals surface area contributed by atoms with Gasteiger partial charge in [-0.25, -0.2) is 4.68 Å². The Labute approximate surface area is 97.9 Å². The summed E-state index contributed by atoms with van der Waals surface area (Å²) in [5, 5.41) is 11.0. The number of nitrogens with one attached hydrogen (secondary N) is 1. The molecule has 2 aromatic heterocycles. The molecule has 1 aromatic carbocycles. The van der Waals surface area contributed by atoms with Gasteiger partial charge in [0.1, 0.15) is 0 Å². The third-order valence-corrected chi connectivity index (χ3v) is 2.59. The van der Waals surface area contributed by atoms with Crippen LogP contribution in [0.25, 0.3) is 16.9 Å². The fraction of sp³-hybridized carbons (Fsp3) is 0. The minimum Gasteiger partial charge on any atom is -0.397 e. The molecular weight excluding hydrogens is 214 g/mol. The SMILES string of the molecule is Nc1cc(-c2ccn[nH]2)ccc1-n1cccn1. The zero-order valence-electron chi connectivity index (χ0n) is 9.04. The van der Waals surface area contributed by atoms with Crippen molar-refractivity contribution in [1.29, 1.82) is 0 Å². The Bertz CT molecular complexity index is 610. The predicted octanol–water partition coefficient (Wildman–Crippen LogP) is 1.84. The molecule has 84 valence electrons. The number of aromatic amines is 1. The lowest BCUT2D eigenvalue weighted by molar-refractivity contribution is 0.883. The largest absolute Gasteiger partial charge is 0.397 e. The van der Waals surface area contributed by atoms with E-state index in [1.54, 1.807) is 17.1 Å². The molecule has 3 rings (SSSR count). The van der Waals surface area contributed by atoms with E-state index >= 15 is 0 Å². The third-order valence-electron chi connectivity index (χ3n) is 2.59. The van der Waals surface area contributed by atoms with Gasteiger partial charge in [-0.2, -0.15) is 10.2 Å². The van der Waals surface area contributed by atoms with Gasteiger partial charge in [0.15, 0.2) is 0 Å². The van der Waals surface area contributed by atoms with Gasteiger partial charge in [0.2, 0.25) is 0 Å². The average molecular weight is 225 g/mol. The average Bonchev–Trinajstić information content (AvgIpc) is 3.02. The molecule has 0 amide bonds. The summed E-state index contributed by atoms with van der Waals surface area (Å²) in [6.45, 7) is 0. The van der Waals surface area contributed by atoms with Crippen LogP contribution in [0.1, 0.15) is 0 Å². The van der Waals surface area contributed by atoms with E-state index in [0.29, 0.717) is 5.69 Å². The number of H-pyrrole nitrogens is 1. The number of rotatable bonds is 2. The molecule has 2 heterocycles. The van der Waals surface area contributed by atoms with Crippen LogP contribution in [-0.2, 0) is 0 Å². The van der Waals surface area contributed by atoms with Crippen molar-refractivity contribution >= 4 is 5.69 Å². The molecule has 0 fully saturated rings. The van der Waals surface area contributed by atoms with E-state index in [1.807, 2.05) is 36.5 Å². The van der Waals surface area contributed by atoms with Crippen LogP contribution in [0.4, 0.5) is 5.69 Å². The highest BCUT2D eigenvalue weighted by molar-refractivity contribution is 5.69. The summed E-state index contributed by atoms with van der Waals surface area (Å²) in [7, 11) is 0. The van der Waals surface area contributed by atoms with Crippen molar-refractivity contribution < 1.29 is 0 Å². The van der Waals surface area contributed by atoms with E-state index in [2.05, 4.69) is 15.3 Å². The van der Waals surface area contributed by atoms with E-state index in [0.717, 1.165) is 16.9 Å². The van der Waals surface area contributed by atoms with Crippen LogP contribution in [0, 0.1) is 0 Å². The lowest BCUT2D eigenvalue weighted by Crippen LogP contribution is -2.00. The standard InChI is InChI=1S/C12H11N5/c13-10-8-9(11-4-6-14-16-11)2-3-12(10)17-7-1-5-15-17/h1-8H,13H2,(H,14,16). The molecule has 0 aliphatic carbocycles. The minimum absolute atomic E-state index is 0.681. The molecule has 0 aliphatic rings. The van der Waals surface area contributed by atoms with Gasteiger partial charge in [-0.05, 0) is 24.3 Å². The quantitative estimate of drug-likeness (QED) is 0.654. The Balaban J connectivity index is 2.06. The molecule has 0 saturated heterocycles. The lowest BCUT2D eigenvalue weighted by atomic mass is 10.1. The third kappa shape index (κ3) is 1.67. The van der Waals surface area contributed by atoms with Crippen LogP contribution < -0.4 is 5.73 Å². The molecule has 0 saturated carbocycles. The first-order valence-corrected chi connectivity index (χ1v) is 5.24. The summed E-state index contributed by atoms with van der Waals surface area (Å²) in [6.07, 6.45) is 5.30. The van der Waals surface area contributed by atoms with Crippen molar-refractivity contribution in [3.05, 3.63) is 48.9 Å². The van der Waals surface area contributed by atoms with Gasteiger partial charge in [-0.15, -0.1) is 0 Å². The van der Waals surface area contributed by atoms with E-state index in [-0.39, 0.29) is 0 Å². The van der Waals surface area contributed by atoms with Crippen LogP contribution in [-0.4, -0.2) is 20.0 Å². The van der Waals surface area contributed by atoms with Gasteiger partial charge in [0, 0.05) is 24.2 Å². The zero-order valence-corrected chi connectivity index (χ0v) is 9.04. The Morgan fingerprint density at radius 3 is 2.76 bits per heavy atom. The van der Waals surface area contributed by atoms with Crippen LogP contribution >= 0.6 is 0 Å². The minimum atomic E-state index is 0.681. The Hall–Kier alpha value is -2.56. The van der Waals surface area contributed by atoms with Crippen LogP contribution in [0.2, 0.25) is 0 Å². The zero-order chi connectivity index (χ0) is 11.7. The van der Waals surface area contributed by atoms with Gasteiger partial charge in [-0.1, -0.05) is 6.07 Å². The molecule has 0 unspecified atom stereocenters. The number of aromatic nitrogens is 4. The molecule has 0 radical (unpaired) electrons. The first-order valence-electron chi connectivity index (χ1n) is 5.24. The summed E-state index contributed by atoms with van der Waals surface area (Å²) in [6, 6.07) is 9.61. The second kappa shape index (κ2) is 3.79. The molecule has 0 aliphatic heterocycles. The predicted molar refractivity (Wildman–Crippen MR) is 65.6 cm³/mol. The van der Waals surface area contributed by atoms with Gasteiger partial charge < -0.3 is 5.73 Å². The molecular formula is C12H11N5. The maximum Gasteiger partial charge on any atom is 0.0875 e. The molecule has 5 nitrogen and oxygen atoms in total. The first kappa shape index (κ1) is 9.65. The summed E-state index contributed by atoms with van der Waals surface area (Å²) in [5.41, 5.74) is 9.54. The molecule has 0 bridgehead atoms. The van der Waals surface area contributed by atoms with Gasteiger partial charge in [0.05, 0.1) is 17.1 Å². The normalized spacial score (nSPS) is 10.6. The number of hydrogen-bond acceptors (Lipinski definition) is 3. The monoisotopic (exact) mass is 225 g/mol. The van der Waals surface area contributed by atoms with Crippen molar-refractivity contribution in [3.8, 4) is 16.9 Å². The topological polar surface area (TPSA) is 72.5 Å². The molecule has 0 spiro atoms. The highest BCUT2D eigenvalue weighted by Gasteiger charge is 2.05. The summed E-state index contributed by atoms with van der Waals surface area (Å²) in [5.74, 6) is 0. The maximum atomic E-state index is 6.02. The Morgan fingerprint density at radius 2 is 2.12 bits per heavy atom. The molecule has 5 heteroatoms. The second-order valence-electron chi connectivity index (χ2n) is 3.69. The van der Waals surface area contributed by atoms with E-state index in [9.17, 15) is 0 Å². The van der Waals surface area contributed by atoms with Gasteiger partial charge in [0.25, 0.3) is 0 Å². The van der Waals surface area contributed by atoms with Crippen molar-refractivity contribution in [2.75, 3.05) is 5.73 Å². The summed E-state index contributed by atoms with van der Waals surface area (Å²) < 4.78 is 1.74. The highest BCUT2D eigenvalue weighted by atomic mass is 15.3. The second-order valence-corrected chi connectivity index (χ2v) is 3.69.